The molecule has 1 atom stereocenters. The highest BCUT2D eigenvalue weighted by atomic mass is 16.2. The molecule has 0 spiro atoms. The molecule has 0 bridgehead atoms. The van der Waals surface area contributed by atoms with Gasteiger partial charge < -0.3 is 4.90 Å². The largest absolute Gasteiger partial charge is 0.342 e. The minimum absolute atomic E-state index is 0.171. The van der Waals surface area contributed by atoms with Gasteiger partial charge in [-0.15, -0.1) is 0 Å². The highest BCUT2D eigenvalue weighted by Gasteiger charge is 2.70. The molecule has 4 rings (SSSR count). The molecular formula is C21H23NO. The zero-order valence-electron chi connectivity index (χ0n) is 13.7. The maximum absolute atomic E-state index is 13.2. The van der Waals surface area contributed by atoms with Crippen molar-refractivity contribution in [2.75, 3.05) is 13.1 Å². The smallest absolute Gasteiger partial charge is 0.229 e. The predicted octanol–water partition coefficient (Wildman–Crippen LogP) is 4.01. The summed E-state index contributed by atoms with van der Waals surface area (Å²) in [5.74, 6) is 0.336. The zero-order chi connectivity index (χ0) is 15.9. The first-order chi connectivity index (χ1) is 11.2. The standard InChI is InChI=1S/C21H23NO/c1-20(19(23)22-14-8-9-15-22)16-21(20,17-10-4-2-5-11-17)18-12-6-3-7-13-18/h2-7,10-13H,8-9,14-16H2,1H3/t20-/m1/s1. The lowest BCUT2D eigenvalue weighted by molar-refractivity contribution is -0.135. The van der Waals surface area contributed by atoms with Gasteiger partial charge in [0.1, 0.15) is 0 Å². The number of hydrogen-bond donors (Lipinski definition) is 0. The third kappa shape index (κ3) is 2.04. The third-order valence-electron chi connectivity index (χ3n) is 5.83. The Kier molecular flexibility index (Phi) is 3.29. The van der Waals surface area contributed by atoms with Crippen LogP contribution in [0.3, 0.4) is 0 Å². The number of carbonyl (C=O) groups excluding carboxylic acids is 1. The summed E-state index contributed by atoms with van der Waals surface area (Å²) < 4.78 is 0. The number of carbonyl (C=O) groups is 1. The van der Waals surface area contributed by atoms with Crippen LogP contribution in [-0.2, 0) is 10.2 Å². The van der Waals surface area contributed by atoms with Crippen LogP contribution in [0.2, 0.25) is 0 Å². The van der Waals surface area contributed by atoms with Crippen LogP contribution in [0.15, 0.2) is 60.7 Å². The second kappa shape index (κ2) is 5.23. The van der Waals surface area contributed by atoms with Crippen molar-refractivity contribution in [3.63, 3.8) is 0 Å². The van der Waals surface area contributed by atoms with Crippen molar-refractivity contribution < 1.29 is 4.79 Å². The molecule has 1 saturated heterocycles. The third-order valence-corrected chi connectivity index (χ3v) is 5.83. The molecule has 118 valence electrons. The first kappa shape index (κ1) is 14.5. The van der Waals surface area contributed by atoms with Crippen molar-refractivity contribution in [1.29, 1.82) is 0 Å². The van der Waals surface area contributed by atoms with E-state index in [0.29, 0.717) is 5.91 Å². The lowest BCUT2D eigenvalue weighted by Gasteiger charge is -2.27. The van der Waals surface area contributed by atoms with Gasteiger partial charge in [-0.1, -0.05) is 60.7 Å². The van der Waals surface area contributed by atoms with Gasteiger partial charge in [0, 0.05) is 18.5 Å². The molecule has 1 heterocycles. The Hall–Kier alpha value is -2.09. The Bertz CT molecular complexity index is 664. The first-order valence-electron chi connectivity index (χ1n) is 8.59. The second-order valence-corrected chi connectivity index (χ2v) is 7.15. The van der Waals surface area contributed by atoms with Gasteiger partial charge in [0.15, 0.2) is 0 Å². The molecule has 2 aliphatic rings. The Morgan fingerprint density at radius 1 is 0.870 bits per heavy atom. The number of likely N-dealkylation sites (tertiary alicyclic amines) is 1. The van der Waals surface area contributed by atoms with E-state index in [1.165, 1.54) is 11.1 Å². The molecule has 23 heavy (non-hydrogen) atoms. The molecule has 1 amide bonds. The fraction of sp³-hybridized carbons (Fsp3) is 0.381. The molecule has 1 aliphatic heterocycles. The maximum atomic E-state index is 13.2. The van der Waals surface area contributed by atoms with E-state index in [1.54, 1.807) is 0 Å². The Morgan fingerprint density at radius 2 is 1.35 bits per heavy atom. The van der Waals surface area contributed by atoms with E-state index in [2.05, 4.69) is 60.4 Å². The summed E-state index contributed by atoms with van der Waals surface area (Å²) in [5, 5.41) is 0. The summed E-state index contributed by atoms with van der Waals surface area (Å²) in [6.45, 7) is 4.01. The van der Waals surface area contributed by atoms with Crippen molar-refractivity contribution in [1.82, 2.24) is 4.90 Å². The number of rotatable bonds is 3. The number of benzene rings is 2. The lowest BCUT2D eigenvalue weighted by atomic mass is 9.80. The normalized spacial score (nSPS) is 25.3. The molecule has 0 aromatic heterocycles. The van der Waals surface area contributed by atoms with Crippen molar-refractivity contribution >= 4 is 5.91 Å². The molecule has 2 fully saturated rings. The summed E-state index contributed by atoms with van der Waals surface area (Å²) in [5.41, 5.74) is 2.04. The van der Waals surface area contributed by atoms with Crippen LogP contribution < -0.4 is 0 Å². The Labute approximate surface area is 138 Å². The van der Waals surface area contributed by atoms with Crippen LogP contribution in [0.1, 0.15) is 37.3 Å². The molecule has 1 aliphatic carbocycles. The summed E-state index contributed by atoms with van der Waals surface area (Å²) in [6, 6.07) is 21.1. The second-order valence-electron chi connectivity index (χ2n) is 7.15. The Balaban J connectivity index is 1.79. The summed E-state index contributed by atoms with van der Waals surface area (Å²) in [7, 11) is 0. The zero-order valence-corrected chi connectivity index (χ0v) is 13.7. The van der Waals surface area contributed by atoms with E-state index in [1.807, 2.05) is 12.1 Å². The predicted molar refractivity (Wildman–Crippen MR) is 92.2 cm³/mol. The number of nitrogens with zero attached hydrogens (tertiary/aromatic N) is 1. The van der Waals surface area contributed by atoms with Gasteiger partial charge in [-0.05, 0) is 37.3 Å². The molecule has 1 saturated carbocycles. The van der Waals surface area contributed by atoms with Crippen LogP contribution in [0.5, 0.6) is 0 Å². The highest BCUT2D eigenvalue weighted by Crippen LogP contribution is 2.68. The van der Waals surface area contributed by atoms with Crippen LogP contribution in [0.4, 0.5) is 0 Å². The van der Waals surface area contributed by atoms with Crippen LogP contribution in [0, 0.1) is 5.41 Å². The van der Waals surface area contributed by atoms with Gasteiger partial charge in [0.2, 0.25) is 5.91 Å². The van der Waals surface area contributed by atoms with E-state index in [0.717, 1.165) is 32.4 Å². The average molecular weight is 305 g/mol. The lowest BCUT2D eigenvalue weighted by Crippen LogP contribution is -2.38. The molecule has 2 heteroatoms. The minimum Gasteiger partial charge on any atom is -0.342 e. The quantitative estimate of drug-likeness (QED) is 0.839. The first-order valence-corrected chi connectivity index (χ1v) is 8.59. The van der Waals surface area contributed by atoms with Crippen molar-refractivity contribution in [2.45, 2.75) is 31.6 Å². The molecule has 2 aromatic rings. The fourth-order valence-corrected chi connectivity index (χ4v) is 4.47. The SMILES string of the molecule is C[C@]1(C(=O)N2CCCC2)CC1(c1ccccc1)c1ccccc1. The van der Waals surface area contributed by atoms with E-state index < -0.39 is 0 Å². The van der Waals surface area contributed by atoms with Gasteiger partial charge in [-0.2, -0.15) is 0 Å². The van der Waals surface area contributed by atoms with E-state index in [4.69, 9.17) is 0 Å². The molecule has 0 N–H and O–H groups in total. The van der Waals surface area contributed by atoms with E-state index in [-0.39, 0.29) is 10.8 Å². The van der Waals surface area contributed by atoms with Gasteiger partial charge in [0.05, 0.1) is 5.41 Å². The van der Waals surface area contributed by atoms with Crippen molar-refractivity contribution in [3.05, 3.63) is 71.8 Å². The van der Waals surface area contributed by atoms with Gasteiger partial charge in [0.25, 0.3) is 0 Å². The number of hydrogen-bond acceptors (Lipinski definition) is 1. The van der Waals surface area contributed by atoms with Crippen molar-refractivity contribution in [2.24, 2.45) is 5.41 Å². The number of amides is 1. The topological polar surface area (TPSA) is 20.3 Å². The molecular weight excluding hydrogens is 282 g/mol. The molecule has 0 unspecified atom stereocenters. The summed E-state index contributed by atoms with van der Waals surface area (Å²) in [4.78, 5) is 15.3. The average Bonchev–Trinajstić information content (AvgIpc) is 2.98. The fourth-order valence-electron chi connectivity index (χ4n) is 4.47. The highest BCUT2D eigenvalue weighted by molar-refractivity contribution is 5.90. The molecule has 2 nitrogen and oxygen atoms in total. The minimum atomic E-state index is -0.319. The van der Waals surface area contributed by atoms with Gasteiger partial charge in [-0.3, -0.25) is 4.79 Å². The van der Waals surface area contributed by atoms with Crippen LogP contribution in [0.25, 0.3) is 0 Å². The van der Waals surface area contributed by atoms with Crippen LogP contribution >= 0.6 is 0 Å². The summed E-state index contributed by atoms with van der Waals surface area (Å²) >= 11 is 0. The van der Waals surface area contributed by atoms with E-state index >= 15 is 0 Å². The van der Waals surface area contributed by atoms with E-state index in [9.17, 15) is 4.79 Å². The van der Waals surface area contributed by atoms with Gasteiger partial charge in [-0.25, -0.2) is 0 Å². The van der Waals surface area contributed by atoms with Crippen LogP contribution in [-0.4, -0.2) is 23.9 Å². The molecule has 2 aromatic carbocycles. The maximum Gasteiger partial charge on any atom is 0.229 e. The van der Waals surface area contributed by atoms with Gasteiger partial charge >= 0.3 is 0 Å². The molecule has 0 radical (unpaired) electrons. The Morgan fingerprint density at radius 3 is 1.83 bits per heavy atom. The summed E-state index contributed by atoms with van der Waals surface area (Å²) in [6.07, 6.45) is 3.19. The monoisotopic (exact) mass is 305 g/mol. The van der Waals surface area contributed by atoms with Crippen molar-refractivity contribution in [3.8, 4) is 0 Å².